The maximum atomic E-state index is 13.4. The highest BCUT2D eigenvalue weighted by Crippen LogP contribution is 2.34. The van der Waals surface area contributed by atoms with Crippen molar-refractivity contribution < 1.29 is 18.0 Å². The summed E-state index contributed by atoms with van der Waals surface area (Å²) in [6.07, 6.45) is 1.47. The first-order valence-electron chi connectivity index (χ1n) is 10.6. The molecule has 1 amide bonds. The predicted molar refractivity (Wildman–Crippen MR) is 129 cm³/mol. The van der Waals surface area contributed by atoms with Gasteiger partial charge in [-0.15, -0.1) is 0 Å². The van der Waals surface area contributed by atoms with E-state index in [1.807, 2.05) is 24.3 Å². The number of carbonyl (C=O) groups excluding carboxylic acids is 1. The fourth-order valence-electron chi connectivity index (χ4n) is 4.03. The Balaban J connectivity index is 1.49. The Bertz CT molecular complexity index is 1600. The average Bonchev–Trinajstić information content (AvgIpc) is 3.23. The van der Waals surface area contributed by atoms with Crippen molar-refractivity contribution in [1.82, 2.24) is 5.32 Å². The molecule has 1 N–H and O–H groups in total. The summed E-state index contributed by atoms with van der Waals surface area (Å²) in [7, 11) is 0. The van der Waals surface area contributed by atoms with E-state index in [2.05, 4.69) is 5.32 Å². The number of benzene rings is 3. The van der Waals surface area contributed by atoms with Crippen molar-refractivity contribution in [2.75, 3.05) is 0 Å². The van der Waals surface area contributed by atoms with Crippen LogP contribution in [0, 0.1) is 12.7 Å². The molecule has 0 saturated heterocycles. The van der Waals surface area contributed by atoms with Gasteiger partial charge in [0.25, 0.3) is 0 Å². The number of amides is 1. The molecule has 0 fully saturated rings. The maximum absolute atomic E-state index is 13.4. The minimum absolute atomic E-state index is 0.122. The Labute approximate surface area is 198 Å². The van der Waals surface area contributed by atoms with Crippen molar-refractivity contribution in [3.8, 4) is 11.1 Å². The first-order chi connectivity index (χ1) is 16.4. The normalized spacial score (nSPS) is 11.3. The SMILES string of the molecule is Cc1c(CC(=O)NCc2ccccc2Cl)c(=O)oc2cc3occ(-c4ccc(F)cc4)c3cc12. The van der Waals surface area contributed by atoms with Gasteiger partial charge < -0.3 is 14.2 Å². The van der Waals surface area contributed by atoms with Gasteiger partial charge in [-0.3, -0.25) is 4.79 Å². The van der Waals surface area contributed by atoms with Crippen LogP contribution >= 0.6 is 11.6 Å². The lowest BCUT2D eigenvalue weighted by atomic mass is 9.99. The highest BCUT2D eigenvalue weighted by atomic mass is 35.5. The highest BCUT2D eigenvalue weighted by molar-refractivity contribution is 6.31. The Morgan fingerprint density at radius 3 is 2.56 bits per heavy atom. The van der Waals surface area contributed by atoms with Gasteiger partial charge in [0.1, 0.15) is 17.0 Å². The van der Waals surface area contributed by atoms with Crippen LogP contribution < -0.4 is 10.9 Å². The van der Waals surface area contributed by atoms with Crippen LogP contribution in [0.4, 0.5) is 4.39 Å². The van der Waals surface area contributed by atoms with E-state index in [1.165, 1.54) is 12.1 Å². The van der Waals surface area contributed by atoms with Crippen molar-refractivity contribution in [1.29, 1.82) is 0 Å². The third kappa shape index (κ3) is 4.08. The van der Waals surface area contributed by atoms with E-state index >= 15 is 0 Å². The molecule has 3 aromatic carbocycles. The molecule has 0 aliphatic rings. The van der Waals surface area contributed by atoms with Crippen LogP contribution in [-0.4, -0.2) is 5.91 Å². The zero-order valence-electron chi connectivity index (χ0n) is 18.2. The van der Waals surface area contributed by atoms with Gasteiger partial charge in [0.15, 0.2) is 0 Å². The molecule has 0 saturated carbocycles. The average molecular weight is 476 g/mol. The van der Waals surface area contributed by atoms with Crippen molar-refractivity contribution in [2.45, 2.75) is 19.9 Å². The topological polar surface area (TPSA) is 72.5 Å². The molecular formula is C27H19ClFNO4. The molecule has 5 nitrogen and oxygen atoms in total. The second-order valence-corrected chi connectivity index (χ2v) is 8.45. The lowest BCUT2D eigenvalue weighted by molar-refractivity contribution is -0.120. The number of nitrogens with one attached hydrogen (secondary N) is 1. The molecule has 0 radical (unpaired) electrons. The zero-order valence-corrected chi connectivity index (χ0v) is 18.9. The van der Waals surface area contributed by atoms with Gasteiger partial charge in [0.05, 0.1) is 18.2 Å². The molecule has 7 heteroatoms. The summed E-state index contributed by atoms with van der Waals surface area (Å²) < 4.78 is 24.6. The summed E-state index contributed by atoms with van der Waals surface area (Å²) in [5, 5.41) is 4.86. The van der Waals surface area contributed by atoms with E-state index in [-0.39, 0.29) is 30.3 Å². The van der Waals surface area contributed by atoms with E-state index in [4.69, 9.17) is 20.4 Å². The van der Waals surface area contributed by atoms with Crippen LogP contribution in [0.3, 0.4) is 0 Å². The Kier molecular flexibility index (Phi) is 5.67. The third-order valence-electron chi connectivity index (χ3n) is 5.91. The summed E-state index contributed by atoms with van der Waals surface area (Å²) in [5.41, 5.74) is 3.67. The van der Waals surface area contributed by atoms with E-state index in [9.17, 15) is 14.0 Å². The summed E-state index contributed by atoms with van der Waals surface area (Å²) in [6, 6.07) is 16.9. The fourth-order valence-corrected chi connectivity index (χ4v) is 4.23. The Hall–Kier alpha value is -3.90. The minimum atomic E-state index is -0.567. The number of halogens is 2. The second-order valence-electron chi connectivity index (χ2n) is 8.04. The van der Waals surface area contributed by atoms with Crippen LogP contribution in [0.15, 0.2) is 80.6 Å². The van der Waals surface area contributed by atoms with Crippen molar-refractivity contribution >= 4 is 39.4 Å². The molecule has 2 aromatic heterocycles. The molecule has 5 aromatic rings. The first kappa shape index (κ1) is 21.9. The number of furan rings is 1. The van der Waals surface area contributed by atoms with Gasteiger partial charge in [0, 0.05) is 34.0 Å². The van der Waals surface area contributed by atoms with E-state index in [1.54, 1.807) is 37.5 Å². The lowest BCUT2D eigenvalue weighted by Crippen LogP contribution is -2.27. The number of fused-ring (bicyclic) bond motifs is 2. The van der Waals surface area contributed by atoms with Crippen molar-refractivity contribution in [2.24, 2.45) is 0 Å². The number of aryl methyl sites for hydroxylation is 1. The number of hydrogen-bond donors (Lipinski definition) is 1. The fraction of sp³-hybridized carbons (Fsp3) is 0.111. The molecule has 0 atom stereocenters. The molecule has 0 aliphatic heterocycles. The van der Waals surface area contributed by atoms with Gasteiger partial charge >= 0.3 is 5.63 Å². The molecule has 0 spiro atoms. The third-order valence-corrected chi connectivity index (χ3v) is 6.28. The molecule has 0 bridgehead atoms. The molecule has 5 rings (SSSR count). The quantitative estimate of drug-likeness (QED) is 0.309. The summed E-state index contributed by atoms with van der Waals surface area (Å²) in [5.74, 6) is -0.636. The summed E-state index contributed by atoms with van der Waals surface area (Å²) in [6.45, 7) is 2.05. The summed E-state index contributed by atoms with van der Waals surface area (Å²) in [4.78, 5) is 25.3. The Morgan fingerprint density at radius 1 is 1.03 bits per heavy atom. The van der Waals surface area contributed by atoms with E-state index in [0.29, 0.717) is 27.1 Å². The molecule has 34 heavy (non-hydrogen) atoms. The lowest BCUT2D eigenvalue weighted by Gasteiger charge is -2.10. The molecule has 0 aliphatic carbocycles. The van der Waals surface area contributed by atoms with E-state index in [0.717, 1.165) is 22.1 Å². The Morgan fingerprint density at radius 2 is 1.79 bits per heavy atom. The zero-order chi connectivity index (χ0) is 23.8. The summed E-state index contributed by atoms with van der Waals surface area (Å²) >= 11 is 6.14. The second kappa shape index (κ2) is 8.80. The standard InChI is InChI=1S/C27H19ClFNO4/c1-15-19-10-21-22(16-6-8-18(29)9-7-16)14-33-24(21)12-25(19)34-27(32)20(15)11-26(31)30-13-17-4-2-3-5-23(17)28/h2-10,12,14H,11,13H2,1H3,(H,30,31). The van der Waals surface area contributed by atoms with Crippen LogP contribution in [0.25, 0.3) is 33.1 Å². The van der Waals surface area contributed by atoms with Gasteiger partial charge in [0.2, 0.25) is 5.91 Å². The predicted octanol–water partition coefficient (Wildman–Crippen LogP) is 6.17. The number of hydrogen-bond acceptors (Lipinski definition) is 4. The van der Waals surface area contributed by atoms with Gasteiger partial charge in [-0.2, -0.15) is 0 Å². The largest absolute Gasteiger partial charge is 0.464 e. The van der Waals surface area contributed by atoms with Crippen molar-refractivity contribution in [3.05, 3.63) is 105 Å². The van der Waals surface area contributed by atoms with Crippen LogP contribution in [-0.2, 0) is 17.8 Å². The van der Waals surface area contributed by atoms with Crippen LogP contribution in [0.1, 0.15) is 16.7 Å². The minimum Gasteiger partial charge on any atom is -0.464 e. The molecule has 0 unspecified atom stereocenters. The molecular weight excluding hydrogens is 457 g/mol. The van der Waals surface area contributed by atoms with Crippen LogP contribution in [0.5, 0.6) is 0 Å². The van der Waals surface area contributed by atoms with Gasteiger partial charge in [-0.05, 0) is 47.9 Å². The maximum Gasteiger partial charge on any atom is 0.340 e. The number of rotatable bonds is 5. The molecule has 170 valence electrons. The first-order valence-corrected chi connectivity index (χ1v) is 11.0. The molecule has 2 heterocycles. The van der Waals surface area contributed by atoms with Gasteiger partial charge in [-0.25, -0.2) is 9.18 Å². The van der Waals surface area contributed by atoms with Crippen LogP contribution in [0.2, 0.25) is 5.02 Å². The van der Waals surface area contributed by atoms with Crippen molar-refractivity contribution in [3.63, 3.8) is 0 Å². The van der Waals surface area contributed by atoms with E-state index < -0.39 is 5.63 Å². The monoisotopic (exact) mass is 475 g/mol. The van der Waals surface area contributed by atoms with Gasteiger partial charge in [-0.1, -0.05) is 41.9 Å². The highest BCUT2D eigenvalue weighted by Gasteiger charge is 2.18. The number of carbonyl (C=O) groups is 1. The smallest absolute Gasteiger partial charge is 0.340 e.